The predicted octanol–water partition coefficient (Wildman–Crippen LogP) is 0.365. The van der Waals surface area contributed by atoms with Gasteiger partial charge in [-0.25, -0.2) is 4.98 Å². The summed E-state index contributed by atoms with van der Waals surface area (Å²) in [7, 11) is -4.52. The highest BCUT2D eigenvalue weighted by Crippen LogP contribution is 2.20. The molecule has 1 aliphatic rings. The van der Waals surface area contributed by atoms with Crippen LogP contribution in [0.3, 0.4) is 0 Å². The molecule has 6 nitrogen and oxygen atoms in total. The van der Waals surface area contributed by atoms with Gasteiger partial charge in [-0.15, -0.1) is 3.89 Å². The van der Waals surface area contributed by atoms with E-state index in [1.165, 1.54) is 11.3 Å². The Bertz CT molecular complexity index is 514. The van der Waals surface area contributed by atoms with Gasteiger partial charge >= 0.3 is 10.2 Å². The first-order valence-corrected chi connectivity index (χ1v) is 7.07. The number of hydrogen-bond donors (Lipinski definition) is 0. The fourth-order valence-electron chi connectivity index (χ4n) is 2.07. The smallest absolute Gasteiger partial charge is 0.302 e. The van der Waals surface area contributed by atoms with Crippen LogP contribution in [0.25, 0.3) is 0 Å². The number of amides is 1. The minimum atomic E-state index is -4.52. The molecule has 0 aliphatic carbocycles. The summed E-state index contributed by atoms with van der Waals surface area (Å²) in [6.45, 7) is 0.701. The maximum atomic E-state index is 12.5. The fraction of sp³-hybridized carbons (Fsp3) is 0.600. The lowest BCUT2D eigenvalue weighted by Crippen LogP contribution is -2.28. The second-order valence-corrected chi connectivity index (χ2v) is 5.74. The summed E-state index contributed by atoms with van der Waals surface area (Å²) in [5, 5.41) is 0. The molecule has 1 fully saturated rings. The molecule has 0 spiro atoms. The maximum absolute atomic E-state index is 12.5. The highest BCUT2D eigenvalue weighted by Gasteiger charge is 2.32. The molecule has 0 aromatic carbocycles. The van der Waals surface area contributed by atoms with Crippen LogP contribution >= 0.6 is 0 Å². The summed E-state index contributed by atoms with van der Waals surface area (Å²) in [5.41, 5.74) is 0. The second kappa shape index (κ2) is 5.05. The molecule has 1 aliphatic heterocycles. The quantitative estimate of drug-likeness (QED) is 0.726. The Morgan fingerprint density at radius 1 is 1.56 bits per heavy atom. The molecule has 0 saturated carbocycles. The number of nitrogens with zero attached hydrogens (tertiary/aromatic N) is 2. The summed E-state index contributed by atoms with van der Waals surface area (Å²) >= 11 is 0. The van der Waals surface area contributed by atoms with Crippen LogP contribution < -0.4 is 0 Å². The van der Waals surface area contributed by atoms with E-state index < -0.39 is 21.9 Å². The van der Waals surface area contributed by atoms with Gasteiger partial charge in [-0.2, -0.15) is 8.42 Å². The Hall–Kier alpha value is -1.44. The first kappa shape index (κ1) is 13.0. The minimum Gasteiger partial charge on any atom is -0.448 e. The van der Waals surface area contributed by atoms with Crippen molar-refractivity contribution in [2.24, 2.45) is 5.92 Å². The van der Waals surface area contributed by atoms with Crippen molar-refractivity contribution in [2.45, 2.75) is 12.8 Å². The van der Waals surface area contributed by atoms with Gasteiger partial charge in [-0.05, 0) is 0 Å². The van der Waals surface area contributed by atoms with Crippen LogP contribution in [0, 0.1) is 5.92 Å². The van der Waals surface area contributed by atoms with E-state index in [2.05, 4.69) is 4.98 Å². The van der Waals surface area contributed by atoms with Crippen molar-refractivity contribution >= 4 is 16.1 Å². The fourth-order valence-corrected chi connectivity index (χ4v) is 2.86. The minimum absolute atomic E-state index is 0.0829. The van der Waals surface area contributed by atoms with Crippen molar-refractivity contribution in [3.8, 4) is 0 Å². The van der Waals surface area contributed by atoms with Crippen molar-refractivity contribution in [1.29, 1.82) is 0 Å². The molecule has 0 N–H and O–H groups in total. The summed E-state index contributed by atoms with van der Waals surface area (Å²) < 4.78 is 38.6. The predicted molar refractivity (Wildman–Crippen MR) is 59.8 cm³/mol. The summed E-state index contributed by atoms with van der Waals surface area (Å²) in [4.78, 5) is 16.9. The number of oxazole rings is 1. The average Bonchev–Trinajstić information content (AvgIpc) is 2.83. The number of rotatable bonds is 5. The Kier molecular flexibility index (Phi) is 3.65. The third kappa shape index (κ3) is 3.52. The largest absolute Gasteiger partial charge is 0.448 e. The molecule has 1 amide bonds. The number of hydrogen-bond acceptors (Lipinski definition) is 5. The molecule has 1 aromatic heterocycles. The topological polar surface area (TPSA) is 80.5 Å². The number of likely N-dealkylation sites (tertiary alicyclic amines) is 1. The summed E-state index contributed by atoms with van der Waals surface area (Å²) in [5.74, 6) is -0.535. The standard InChI is InChI=1S/C10H13FN2O4S/c11-18(15,16)6-8-3-10(14)13(5-8)2-1-9-4-12-7-17-9/h4,7-8H,1-3,5-6H2. The zero-order valence-corrected chi connectivity index (χ0v) is 10.4. The van der Waals surface area contributed by atoms with Crippen molar-refractivity contribution < 1.29 is 21.5 Å². The third-order valence-corrected chi connectivity index (χ3v) is 3.71. The zero-order valence-electron chi connectivity index (χ0n) is 9.58. The van der Waals surface area contributed by atoms with Gasteiger partial charge in [0.05, 0.1) is 11.9 Å². The second-order valence-electron chi connectivity index (χ2n) is 4.33. The van der Waals surface area contributed by atoms with Crippen LogP contribution in [-0.2, 0) is 21.4 Å². The molecule has 1 saturated heterocycles. The van der Waals surface area contributed by atoms with Crippen LogP contribution in [0.2, 0.25) is 0 Å². The molecule has 1 aromatic rings. The van der Waals surface area contributed by atoms with E-state index in [1.54, 1.807) is 6.20 Å². The van der Waals surface area contributed by atoms with Crippen molar-refractivity contribution in [1.82, 2.24) is 9.88 Å². The molecule has 8 heteroatoms. The van der Waals surface area contributed by atoms with E-state index in [0.29, 0.717) is 18.7 Å². The van der Waals surface area contributed by atoms with E-state index in [1.807, 2.05) is 0 Å². The molecule has 0 bridgehead atoms. The lowest BCUT2D eigenvalue weighted by molar-refractivity contribution is -0.127. The number of aromatic nitrogens is 1. The Morgan fingerprint density at radius 2 is 2.33 bits per heavy atom. The average molecular weight is 276 g/mol. The van der Waals surface area contributed by atoms with E-state index >= 15 is 0 Å². The molecule has 18 heavy (non-hydrogen) atoms. The monoisotopic (exact) mass is 276 g/mol. The van der Waals surface area contributed by atoms with Crippen LogP contribution in [0.1, 0.15) is 12.2 Å². The highest BCUT2D eigenvalue weighted by molar-refractivity contribution is 7.86. The molecular formula is C10H13FN2O4S. The van der Waals surface area contributed by atoms with E-state index in [9.17, 15) is 17.1 Å². The van der Waals surface area contributed by atoms with Crippen molar-refractivity contribution in [3.63, 3.8) is 0 Å². The summed E-state index contributed by atoms with van der Waals surface area (Å²) in [6, 6.07) is 0. The van der Waals surface area contributed by atoms with Crippen molar-refractivity contribution in [3.05, 3.63) is 18.4 Å². The first-order valence-electron chi connectivity index (χ1n) is 5.51. The SMILES string of the molecule is O=C1CC(CS(=O)(=O)F)CN1CCc1cnco1. The van der Waals surface area contributed by atoms with Crippen LogP contribution in [0.4, 0.5) is 3.89 Å². The Balaban J connectivity index is 1.86. The van der Waals surface area contributed by atoms with Crippen LogP contribution in [0.15, 0.2) is 17.0 Å². The lowest BCUT2D eigenvalue weighted by atomic mass is 10.1. The van der Waals surface area contributed by atoms with E-state index in [4.69, 9.17) is 4.42 Å². The van der Waals surface area contributed by atoms with Gasteiger partial charge in [0.15, 0.2) is 6.39 Å². The van der Waals surface area contributed by atoms with Gasteiger partial charge in [0.2, 0.25) is 5.91 Å². The number of halogens is 1. The number of carbonyl (C=O) groups excluding carboxylic acids is 1. The van der Waals surface area contributed by atoms with Gasteiger partial charge in [0.1, 0.15) is 5.76 Å². The van der Waals surface area contributed by atoms with Gasteiger partial charge in [0, 0.05) is 31.8 Å². The van der Waals surface area contributed by atoms with Gasteiger partial charge in [0.25, 0.3) is 0 Å². The molecule has 1 atom stereocenters. The molecule has 2 rings (SSSR count). The highest BCUT2D eigenvalue weighted by atomic mass is 32.3. The third-order valence-electron chi connectivity index (χ3n) is 2.84. The molecule has 1 unspecified atom stereocenters. The van der Waals surface area contributed by atoms with Gasteiger partial charge in [-0.1, -0.05) is 0 Å². The van der Waals surface area contributed by atoms with Crippen LogP contribution in [-0.4, -0.2) is 43.1 Å². The molecule has 100 valence electrons. The maximum Gasteiger partial charge on any atom is 0.302 e. The van der Waals surface area contributed by atoms with Gasteiger partial charge in [-0.3, -0.25) is 4.79 Å². The Labute approximate surface area is 104 Å². The van der Waals surface area contributed by atoms with E-state index in [-0.39, 0.29) is 18.9 Å². The lowest BCUT2D eigenvalue weighted by Gasteiger charge is -2.15. The normalized spacial score (nSPS) is 20.6. The van der Waals surface area contributed by atoms with Crippen molar-refractivity contribution in [2.75, 3.05) is 18.8 Å². The molecular weight excluding hydrogens is 263 g/mol. The zero-order chi connectivity index (χ0) is 13.2. The molecule has 2 heterocycles. The van der Waals surface area contributed by atoms with Gasteiger partial charge < -0.3 is 9.32 Å². The molecule has 0 radical (unpaired) electrons. The summed E-state index contributed by atoms with van der Waals surface area (Å²) in [6.07, 6.45) is 3.46. The van der Waals surface area contributed by atoms with Crippen LogP contribution in [0.5, 0.6) is 0 Å². The number of carbonyl (C=O) groups is 1. The first-order chi connectivity index (χ1) is 8.44. The van der Waals surface area contributed by atoms with E-state index in [0.717, 1.165) is 0 Å². The Morgan fingerprint density at radius 3 is 2.94 bits per heavy atom.